The molecule has 1 aromatic rings. The zero-order valence-electron chi connectivity index (χ0n) is 13.5. The number of nitrogens with one attached hydrogen (secondary N) is 1. The van der Waals surface area contributed by atoms with Crippen molar-refractivity contribution in [1.82, 2.24) is 4.72 Å². The van der Waals surface area contributed by atoms with Crippen LogP contribution in [0.1, 0.15) is 50.5 Å². The van der Waals surface area contributed by atoms with Crippen molar-refractivity contribution in [2.45, 2.75) is 56.8 Å². The van der Waals surface area contributed by atoms with Gasteiger partial charge in [0.05, 0.1) is 9.82 Å². The van der Waals surface area contributed by atoms with E-state index in [2.05, 4.69) is 4.72 Å². The zero-order chi connectivity index (χ0) is 16.9. The van der Waals surface area contributed by atoms with E-state index in [9.17, 15) is 18.5 Å². The Kier molecular flexibility index (Phi) is 6.12. The molecule has 0 bridgehead atoms. The standard InChI is InChI=1S/C16H24N2O4S/c1-13-8-9-15(12-16(13)18(19)20)23(21,22)17-11-10-14-6-4-2-3-5-7-14/h8-9,12,14,17H,2-7,10-11H2,1H3. The highest BCUT2D eigenvalue weighted by atomic mass is 32.2. The Morgan fingerprint density at radius 3 is 2.48 bits per heavy atom. The molecule has 7 heteroatoms. The molecule has 0 heterocycles. The molecule has 0 spiro atoms. The summed E-state index contributed by atoms with van der Waals surface area (Å²) in [7, 11) is -3.70. The molecule has 1 aromatic carbocycles. The summed E-state index contributed by atoms with van der Waals surface area (Å²) in [6, 6.07) is 4.01. The average molecular weight is 340 g/mol. The lowest BCUT2D eigenvalue weighted by atomic mass is 9.97. The van der Waals surface area contributed by atoms with Gasteiger partial charge in [0.25, 0.3) is 5.69 Å². The molecular formula is C16H24N2O4S. The first kappa shape index (κ1) is 17.9. The van der Waals surface area contributed by atoms with Crippen LogP contribution in [0.5, 0.6) is 0 Å². The Morgan fingerprint density at radius 2 is 1.87 bits per heavy atom. The van der Waals surface area contributed by atoms with Crippen LogP contribution in [0.3, 0.4) is 0 Å². The SMILES string of the molecule is Cc1ccc(S(=O)(=O)NCCC2CCCCCC2)cc1[N+](=O)[O-]. The summed E-state index contributed by atoms with van der Waals surface area (Å²) in [5.41, 5.74) is 0.282. The van der Waals surface area contributed by atoms with Gasteiger partial charge in [-0.2, -0.15) is 0 Å². The van der Waals surface area contributed by atoms with E-state index >= 15 is 0 Å². The molecule has 2 rings (SSSR count). The fourth-order valence-electron chi connectivity index (χ4n) is 3.09. The largest absolute Gasteiger partial charge is 0.273 e. The lowest BCUT2D eigenvalue weighted by molar-refractivity contribution is -0.385. The topological polar surface area (TPSA) is 89.3 Å². The number of rotatable bonds is 6. The molecule has 0 unspecified atom stereocenters. The number of hydrogen-bond acceptors (Lipinski definition) is 4. The van der Waals surface area contributed by atoms with E-state index in [0.717, 1.165) is 25.3 Å². The molecular weight excluding hydrogens is 316 g/mol. The molecule has 1 N–H and O–H groups in total. The molecule has 1 aliphatic rings. The Bertz CT molecular complexity index is 650. The molecule has 0 aliphatic heterocycles. The third-order valence-corrected chi connectivity index (χ3v) is 5.97. The molecule has 0 aromatic heterocycles. The van der Waals surface area contributed by atoms with Gasteiger partial charge in [-0.05, 0) is 25.3 Å². The quantitative estimate of drug-likeness (QED) is 0.487. The Labute approximate surface area is 137 Å². The minimum atomic E-state index is -3.70. The van der Waals surface area contributed by atoms with Crippen LogP contribution in [0, 0.1) is 23.0 Å². The summed E-state index contributed by atoms with van der Waals surface area (Å²) < 4.78 is 27.2. The van der Waals surface area contributed by atoms with Crippen LogP contribution in [0.4, 0.5) is 5.69 Å². The van der Waals surface area contributed by atoms with Gasteiger partial charge in [-0.25, -0.2) is 13.1 Å². The van der Waals surface area contributed by atoms with Crippen LogP contribution >= 0.6 is 0 Å². The summed E-state index contributed by atoms with van der Waals surface area (Å²) in [6.45, 7) is 1.97. The predicted octanol–water partition coefficient (Wildman–Crippen LogP) is 3.54. The molecule has 23 heavy (non-hydrogen) atoms. The van der Waals surface area contributed by atoms with Crippen molar-refractivity contribution in [3.63, 3.8) is 0 Å². The second kappa shape index (κ2) is 7.88. The van der Waals surface area contributed by atoms with E-state index < -0.39 is 14.9 Å². The van der Waals surface area contributed by atoms with Crippen LogP contribution in [0.15, 0.2) is 23.1 Å². The molecule has 128 valence electrons. The molecule has 1 aliphatic carbocycles. The summed E-state index contributed by atoms with van der Waals surface area (Å²) in [5.74, 6) is 0.576. The summed E-state index contributed by atoms with van der Waals surface area (Å²) in [5, 5.41) is 10.9. The first-order chi connectivity index (χ1) is 10.9. The van der Waals surface area contributed by atoms with Gasteiger partial charge >= 0.3 is 0 Å². The van der Waals surface area contributed by atoms with Gasteiger partial charge in [0.1, 0.15) is 0 Å². The maximum Gasteiger partial charge on any atom is 0.273 e. The first-order valence-electron chi connectivity index (χ1n) is 8.15. The van der Waals surface area contributed by atoms with Crippen LogP contribution in [-0.2, 0) is 10.0 Å². The third-order valence-electron chi connectivity index (χ3n) is 4.51. The monoisotopic (exact) mass is 340 g/mol. The van der Waals surface area contributed by atoms with Gasteiger partial charge < -0.3 is 0 Å². The second-order valence-corrected chi connectivity index (χ2v) is 8.02. The van der Waals surface area contributed by atoms with E-state index in [1.165, 1.54) is 37.8 Å². The lowest BCUT2D eigenvalue weighted by Crippen LogP contribution is -2.26. The fraction of sp³-hybridized carbons (Fsp3) is 0.625. The third kappa shape index (κ3) is 5.00. The van der Waals surface area contributed by atoms with Crippen LogP contribution in [-0.4, -0.2) is 19.9 Å². The molecule has 1 saturated carbocycles. The highest BCUT2D eigenvalue weighted by Gasteiger charge is 2.20. The number of nitrogens with zero attached hydrogens (tertiary/aromatic N) is 1. The van der Waals surface area contributed by atoms with Crippen molar-refractivity contribution in [3.05, 3.63) is 33.9 Å². The number of nitro groups is 1. The van der Waals surface area contributed by atoms with E-state index in [1.807, 2.05) is 0 Å². The summed E-state index contributed by atoms with van der Waals surface area (Å²) >= 11 is 0. The van der Waals surface area contributed by atoms with Crippen molar-refractivity contribution in [3.8, 4) is 0 Å². The Morgan fingerprint density at radius 1 is 1.22 bits per heavy atom. The van der Waals surface area contributed by atoms with Crippen LogP contribution in [0.2, 0.25) is 0 Å². The highest BCUT2D eigenvalue weighted by molar-refractivity contribution is 7.89. The number of hydrogen-bond donors (Lipinski definition) is 1. The van der Waals surface area contributed by atoms with Crippen molar-refractivity contribution < 1.29 is 13.3 Å². The molecule has 0 saturated heterocycles. The number of aryl methyl sites for hydroxylation is 1. The number of benzene rings is 1. The maximum absolute atomic E-state index is 12.3. The van der Waals surface area contributed by atoms with E-state index in [1.54, 1.807) is 6.92 Å². The molecule has 6 nitrogen and oxygen atoms in total. The average Bonchev–Trinajstić information content (AvgIpc) is 2.76. The van der Waals surface area contributed by atoms with Crippen LogP contribution in [0.25, 0.3) is 0 Å². The normalized spacial score (nSPS) is 16.9. The summed E-state index contributed by atoms with van der Waals surface area (Å²) in [4.78, 5) is 10.3. The smallest absolute Gasteiger partial charge is 0.258 e. The van der Waals surface area contributed by atoms with Gasteiger partial charge in [-0.15, -0.1) is 0 Å². The van der Waals surface area contributed by atoms with Crippen molar-refractivity contribution >= 4 is 15.7 Å². The van der Waals surface area contributed by atoms with Crippen LogP contribution < -0.4 is 4.72 Å². The number of nitro benzene ring substituents is 1. The second-order valence-electron chi connectivity index (χ2n) is 6.25. The fourth-order valence-corrected chi connectivity index (χ4v) is 4.15. The first-order valence-corrected chi connectivity index (χ1v) is 9.63. The minimum absolute atomic E-state index is 0.0457. The lowest BCUT2D eigenvalue weighted by Gasteiger charge is -2.14. The van der Waals surface area contributed by atoms with Gasteiger partial charge in [-0.3, -0.25) is 10.1 Å². The molecule has 0 atom stereocenters. The molecule has 1 fully saturated rings. The maximum atomic E-state index is 12.3. The Hall–Kier alpha value is -1.47. The van der Waals surface area contributed by atoms with E-state index in [4.69, 9.17) is 0 Å². The number of sulfonamides is 1. The van der Waals surface area contributed by atoms with Crippen molar-refractivity contribution in [2.24, 2.45) is 5.92 Å². The Balaban J connectivity index is 1.98. The van der Waals surface area contributed by atoms with Gasteiger partial charge in [0.2, 0.25) is 10.0 Å². The van der Waals surface area contributed by atoms with E-state index in [0.29, 0.717) is 18.0 Å². The van der Waals surface area contributed by atoms with Crippen molar-refractivity contribution in [1.29, 1.82) is 0 Å². The molecule has 0 amide bonds. The minimum Gasteiger partial charge on any atom is -0.258 e. The van der Waals surface area contributed by atoms with Gasteiger partial charge in [-0.1, -0.05) is 44.6 Å². The zero-order valence-corrected chi connectivity index (χ0v) is 14.3. The van der Waals surface area contributed by atoms with Gasteiger partial charge in [0.15, 0.2) is 0 Å². The van der Waals surface area contributed by atoms with Gasteiger partial charge in [0, 0.05) is 18.2 Å². The highest BCUT2D eigenvalue weighted by Crippen LogP contribution is 2.25. The predicted molar refractivity (Wildman–Crippen MR) is 88.8 cm³/mol. The van der Waals surface area contributed by atoms with E-state index in [-0.39, 0.29) is 10.6 Å². The van der Waals surface area contributed by atoms with Crippen molar-refractivity contribution in [2.75, 3.05) is 6.54 Å². The summed E-state index contributed by atoms with van der Waals surface area (Å²) in [6.07, 6.45) is 8.15. The molecule has 0 radical (unpaired) electrons.